The number of anilines is 1. The van der Waals surface area contributed by atoms with E-state index in [-0.39, 0.29) is 18.7 Å². The summed E-state index contributed by atoms with van der Waals surface area (Å²) >= 11 is 0. The van der Waals surface area contributed by atoms with Gasteiger partial charge in [0, 0.05) is 19.2 Å². The van der Waals surface area contributed by atoms with Gasteiger partial charge in [0.15, 0.2) is 0 Å². The van der Waals surface area contributed by atoms with Gasteiger partial charge in [0.25, 0.3) is 0 Å². The van der Waals surface area contributed by atoms with Crippen LogP contribution < -0.4 is 21.7 Å². The number of unbranched alkanes of at least 4 members (excludes halogenated alkanes) is 1. The largest absolute Gasteiger partial charge is 0.491 e. The van der Waals surface area contributed by atoms with Crippen molar-refractivity contribution in [3.63, 3.8) is 0 Å². The molecule has 0 bridgehead atoms. The molecule has 1 unspecified atom stereocenters. The van der Waals surface area contributed by atoms with E-state index in [1.807, 2.05) is 36.4 Å². The van der Waals surface area contributed by atoms with E-state index in [2.05, 4.69) is 25.7 Å². The number of nitrogens with zero attached hydrogens (tertiary/aromatic N) is 1. The van der Waals surface area contributed by atoms with Gasteiger partial charge in [-0.3, -0.25) is 14.4 Å². The highest BCUT2D eigenvalue weighted by Crippen LogP contribution is 2.25. The van der Waals surface area contributed by atoms with E-state index < -0.39 is 42.5 Å². The van der Waals surface area contributed by atoms with Crippen LogP contribution in [0.4, 0.5) is 19.0 Å². The van der Waals surface area contributed by atoms with Crippen molar-refractivity contribution in [1.29, 1.82) is 0 Å². The predicted molar refractivity (Wildman–Crippen MR) is 161 cm³/mol. The topological polar surface area (TPSA) is 153 Å². The molecule has 10 nitrogen and oxygen atoms in total. The number of amides is 2. The third-order valence-electron chi connectivity index (χ3n) is 6.70. The van der Waals surface area contributed by atoms with Crippen LogP contribution in [0.3, 0.4) is 0 Å². The number of halogens is 3. The molecule has 2 aromatic carbocycles. The normalized spacial score (nSPS) is 12.4. The molecule has 0 aliphatic carbocycles. The monoisotopic (exact) mass is 627 g/mol. The number of nitrogens with two attached hydrogens (primary N) is 1. The van der Waals surface area contributed by atoms with Gasteiger partial charge in [-0.1, -0.05) is 60.7 Å². The summed E-state index contributed by atoms with van der Waals surface area (Å²) in [6.45, 7) is 0.839. The Balaban J connectivity index is 1.72. The highest BCUT2D eigenvalue weighted by molar-refractivity contribution is 5.90. The molecule has 3 aromatic rings. The molecule has 45 heavy (non-hydrogen) atoms. The molecule has 0 aliphatic heterocycles. The highest BCUT2D eigenvalue weighted by atomic mass is 19.4. The molecule has 5 N–H and O–H groups in total. The lowest BCUT2D eigenvalue weighted by atomic mass is 9.98. The van der Waals surface area contributed by atoms with E-state index in [1.54, 1.807) is 42.6 Å². The third-order valence-corrected chi connectivity index (χ3v) is 6.70. The quantitative estimate of drug-likeness (QED) is 0.103. The predicted octanol–water partition coefficient (Wildman–Crippen LogP) is 4.43. The number of hydrogen-bond acceptors (Lipinski definition) is 8. The Morgan fingerprint density at radius 3 is 2.18 bits per heavy atom. The van der Waals surface area contributed by atoms with Gasteiger partial charge in [0.05, 0.1) is 12.5 Å². The molecule has 0 aliphatic rings. The summed E-state index contributed by atoms with van der Waals surface area (Å²) in [7, 11) is 0. The van der Waals surface area contributed by atoms with Gasteiger partial charge in [-0.15, -0.1) is 0 Å². The number of alkyl halides is 3. The van der Waals surface area contributed by atoms with Gasteiger partial charge in [0.2, 0.25) is 11.8 Å². The molecule has 0 fully saturated rings. The minimum Gasteiger partial charge on any atom is -0.386 e. The van der Waals surface area contributed by atoms with E-state index in [4.69, 9.17) is 5.73 Å². The fraction of sp³-hybridized carbons (Fsp3) is 0.344. The third kappa shape index (κ3) is 12.0. The van der Waals surface area contributed by atoms with E-state index in [0.717, 1.165) is 11.1 Å². The van der Waals surface area contributed by atoms with Gasteiger partial charge >= 0.3 is 18.1 Å². The number of carbonyl (C=O) groups is 4. The zero-order valence-corrected chi connectivity index (χ0v) is 24.5. The molecule has 0 saturated heterocycles. The lowest BCUT2D eigenvalue weighted by molar-refractivity contribution is -0.202. The van der Waals surface area contributed by atoms with Crippen LogP contribution in [-0.2, 0) is 23.9 Å². The van der Waals surface area contributed by atoms with E-state index in [9.17, 15) is 32.3 Å². The Bertz CT molecular complexity index is 1390. The summed E-state index contributed by atoms with van der Waals surface area (Å²) < 4.78 is 42.1. The number of rotatable bonds is 16. The van der Waals surface area contributed by atoms with Crippen molar-refractivity contribution in [3.05, 3.63) is 84.6 Å². The van der Waals surface area contributed by atoms with E-state index in [0.29, 0.717) is 43.7 Å². The fourth-order valence-electron chi connectivity index (χ4n) is 4.39. The molecule has 2 atom stereocenters. The Kier molecular flexibility index (Phi) is 13.5. The molecule has 0 saturated carbocycles. The van der Waals surface area contributed by atoms with Crippen LogP contribution in [0.2, 0.25) is 0 Å². The first kappa shape index (κ1) is 34.7. The van der Waals surface area contributed by atoms with Crippen molar-refractivity contribution >= 4 is 29.6 Å². The first-order valence-electron chi connectivity index (χ1n) is 14.5. The number of carbonyl (C=O) groups excluding carboxylic acids is 4. The SMILES string of the molecule is NCCCC[C@@H](NC(=O)CCCNc1ccccn1)C(=O)NC(CC(=O)OC(=O)C(F)(F)F)c1ccc(-c2ccccc2)cc1. The second-order valence-corrected chi connectivity index (χ2v) is 10.2. The number of hydrogen-bond donors (Lipinski definition) is 4. The Labute approximate surface area is 258 Å². The van der Waals surface area contributed by atoms with Crippen molar-refractivity contribution < 1.29 is 37.1 Å². The first-order valence-corrected chi connectivity index (χ1v) is 14.5. The van der Waals surface area contributed by atoms with Crippen LogP contribution in [0.15, 0.2) is 79.0 Å². The molecule has 1 heterocycles. The number of esters is 2. The Morgan fingerprint density at radius 2 is 1.53 bits per heavy atom. The summed E-state index contributed by atoms with van der Waals surface area (Å²) in [5.41, 5.74) is 7.70. The molecule has 0 radical (unpaired) electrons. The molecular weight excluding hydrogens is 591 g/mol. The number of ether oxygens (including phenoxy) is 1. The average Bonchev–Trinajstić information content (AvgIpc) is 3.03. The minimum absolute atomic E-state index is 0.108. The second kappa shape index (κ2) is 17.5. The van der Waals surface area contributed by atoms with Gasteiger partial charge in [0.1, 0.15) is 11.9 Å². The second-order valence-electron chi connectivity index (χ2n) is 10.2. The zero-order chi connectivity index (χ0) is 32.7. The summed E-state index contributed by atoms with van der Waals surface area (Å²) in [6, 6.07) is 19.3. The number of benzene rings is 2. The average molecular weight is 628 g/mol. The maximum atomic E-state index is 13.4. The minimum atomic E-state index is -5.36. The highest BCUT2D eigenvalue weighted by Gasteiger charge is 2.42. The molecule has 240 valence electrons. The first-order chi connectivity index (χ1) is 21.6. The van der Waals surface area contributed by atoms with Crippen LogP contribution in [0, 0.1) is 0 Å². The molecular formula is C32H36F3N5O5. The maximum absolute atomic E-state index is 13.4. The molecule has 13 heteroatoms. The van der Waals surface area contributed by atoms with E-state index >= 15 is 0 Å². The molecule has 1 aromatic heterocycles. The van der Waals surface area contributed by atoms with Crippen LogP contribution in [0.25, 0.3) is 11.1 Å². The van der Waals surface area contributed by atoms with E-state index in [1.165, 1.54) is 0 Å². The Hall–Kier alpha value is -4.78. The molecule has 2 amide bonds. The lowest BCUT2D eigenvalue weighted by Gasteiger charge is -2.24. The van der Waals surface area contributed by atoms with Crippen LogP contribution in [-0.4, -0.2) is 54.0 Å². The molecule has 3 rings (SSSR count). The Morgan fingerprint density at radius 1 is 0.844 bits per heavy atom. The van der Waals surface area contributed by atoms with Gasteiger partial charge < -0.3 is 26.4 Å². The van der Waals surface area contributed by atoms with Gasteiger partial charge in [-0.2, -0.15) is 13.2 Å². The lowest BCUT2D eigenvalue weighted by Crippen LogP contribution is -2.48. The summed E-state index contributed by atoms with van der Waals surface area (Å²) in [5, 5.41) is 8.47. The number of aromatic nitrogens is 1. The number of nitrogens with one attached hydrogen (secondary N) is 3. The summed E-state index contributed by atoms with van der Waals surface area (Å²) in [5.74, 6) is -4.50. The van der Waals surface area contributed by atoms with Crippen molar-refractivity contribution in [2.75, 3.05) is 18.4 Å². The summed E-state index contributed by atoms with van der Waals surface area (Å²) in [4.78, 5) is 54.0. The smallest absolute Gasteiger partial charge is 0.386 e. The number of pyridine rings is 1. The van der Waals surface area contributed by atoms with Gasteiger partial charge in [-0.05, 0) is 61.1 Å². The van der Waals surface area contributed by atoms with Crippen molar-refractivity contribution in [2.45, 2.75) is 56.8 Å². The van der Waals surface area contributed by atoms with Gasteiger partial charge in [-0.25, -0.2) is 9.78 Å². The van der Waals surface area contributed by atoms with Crippen molar-refractivity contribution in [2.24, 2.45) is 5.73 Å². The van der Waals surface area contributed by atoms with Crippen molar-refractivity contribution in [3.8, 4) is 11.1 Å². The fourth-order valence-corrected chi connectivity index (χ4v) is 4.39. The van der Waals surface area contributed by atoms with Crippen LogP contribution in [0.5, 0.6) is 0 Å². The van der Waals surface area contributed by atoms with Crippen molar-refractivity contribution in [1.82, 2.24) is 15.6 Å². The summed E-state index contributed by atoms with van der Waals surface area (Å²) in [6.07, 6.45) is -2.60. The maximum Gasteiger partial charge on any atom is 0.491 e. The molecule has 0 spiro atoms. The zero-order valence-electron chi connectivity index (χ0n) is 24.5. The standard InChI is InChI=1S/C32H36F3N5O5/c33-32(34,35)31(44)45-29(42)21-26(24-16-14-23(15-17-24)22-9-2-1-3-10-22)40-30(43)25(11-4-6-18-36)39-28(41)13-8-20-38-27-12-5-7-19-37-27/h1-3,5,7,9-10,12,14-17,19,25-26H,4,6,8,11,13,18,20-21,36H2,(H,37,38)(H,39,41)(H,40,43)/t25-,26?/m1/s1. The van der Waals surface area contributed by atoms with Crippen LogP contribution >= 0.6 is 0 Å². The van der Waals surface area contributed by atoms with Crippen LogP contribution in [0.1, 0.15) is 50.1 Å².